The predicted molar refractivity (Wildman–Crippen MR) is 117 cm³/mol. The third-order valence-electron chi connectivity index (χ3n) is 5.41. The second-order valence-corrected chi connectivity index (χ2v) is 7.67. The number of nitrogens with zero attached hydrogens (tertiary/aromatic N) is 4. The van der Waals surface area contributed by atoms with E-state index >= 15 is 0 Å². The summed E-state index contributed by atoms with van der Waals surface area (Å²) in [7, 11) is 0. The minimum Gasteiger partial charge on any atom is -0.338 e. The van der Waals surface area contributed by atoms with Crippen molar-refractivity contribution < 1.29 is 9.32 Å². The molecule has 1 aliphatic heterocycles. The fourth-order valence-electron chi connectivity index (χ4n) is 3.50. The second-order valence-electron chi connectivity index (χ2n) is 7.67. The zero-order chi connectivity index (χ0) is 20.9. The molecule has 0 aliphatic carbocycles. The van der Waals surface area contributed by atoms with Crippen LogP contribution in [0.25, 0.3) is 17.5 Å². The van der Waals surface area contributed by atoms with Crippen LogP contribution < -0.4 is 0 Å². The first-order chi connectivity index (χ1) is 14.6. The molecule has 4 rings (SSSR count). The lowest BCUT2D eigenvalue weighted by molar-refractivity contribution is -0.127. The van der Waals surface area contributed by atoms with Crippen LogP contribution in [0.2, 0.25) is 0 Å². The van der Waals surface area contributed by atoms with Gasteiger partial charge < -0.3 is 9.42 Å². The molecule has 1 amide bonds. The first-order valence-corrected chi connectivity index (χ1v) is 10.2. The van der Waals surface area contributed by atoms with Crippen LogP contribution in [0.15, 0.2) is 59.1 Å². The number of aryl methyl sites for hydroxylation is 2. The summed E-state index contributed by atoms with van der Waals surface area (Å²) in [6, 6.07) is 16.1. The Labute approximate surface area is 176 Å². The molecule has 1 saturated heterocycles. The van der Waals surface area contributed by atoms with Crippen LogP contribution in [0, 0.1) is 13.8 Å². The van der Waals surface area contributed by atoms with E-state index in [0.717, 1.165) is 29.8 Å². The van der Waals surface area contributed by atoms with Gasteiger partial charge in [0, 0.05) is 37.8 Å². The summed E-state index contributed by atoms with van der Waals surface area (Å²) in [6.45, 7) is 7.64. The summed E-state index contributed by atoms with van der Waals surface area (Å²) in [6.07, 6.45) is 3.57. The smallest absolute Gasteiger partial charge is 0.246 e. The zero-order valence-electron chi connectivity index (χ0n) is 17.4. The molecule has 2 heterocycles. The Balaban J connectivity index is 1.29. The number of piperazine rings is 1. The van der Waals surface area contributed by atoms with Gasteiger partial charge in [-0.1, -0.05) is 59.3 Å². The summed E-state index contributed by atoms with van der Waals surface area (Å²) >= 11 is 0. The topological polar surface area (TPSA) is 62.5 Å². The standard InChI is InChI=1S/C24H26N4O2/c1-18-7-9-21(10-8-18)24-25-22(30-26-24)17-27-13-15-28(16-14-27)23(29)12-11-20-6-4-3-5-19(20)2/h3-12H,13-17H2,1-2H3/b12-11+. The maximum absolute atomic E-state index is 12.5. The molecule has 0 atom stereocenters. The molecular formula is C24H26N4O2. The highest BCUT2D eigenvalue weighted by Crippen LogP contribution is 2.17. The van der Waals surface area contributed by atoms with Crippen molar-refractivity contribution in [1.29, 1.82) is 0 Å². The third-order valence-corrected chi connectivity index (χ3v) is 5.41. The molecule has 2 aromatic carbocycles. The number of hydrogen-bond donors (Lipinski definition) is 0. The average molecular weight is 402 g/mol. The van der Waals surface area contributed by atoms with Crippen molar-refractivity contribution in [3.05, 3.63) is 77.2 Å². The molecule has 0 bridgehead atoms. The molecular weight excluding hydrogens is 376 g/mol. The molecule has 6 heteroatoms. The van der Waals surface area contributed by atoms with Crippen molar-refractivity contribution in [1.82, 2.24) is 19.9 Å². The van der Waals surface area contributed by atoms with Crippen LogP contribution >= 0.6 is 0 Å². The van der Waals surface area contributed by atoms with E-state index in [1.54, 1.807) is 6.08 Å². The number of carbonyl (C=O) groups is 1. The van der Waals surface area contributed by atoms with Gasteiger partial charge in [0.1, 0.15) is 0 Å². The van der Waals surface area contributed by atoms with Crippen LogP contribution in [0.3, 0.4) is 0 Å². The third kappa shape index (κ3) is 4.83. The lowest BCUT2D eigenvalue weighted by atomic mass is 10.1. The molecule has 1 aliphatic rings. The van der Waals surface area contributed by atoms with Crippen LogP contribution in [0.4, 0.5) is 0 Å². The summed E-state index contributed by atoms with van der Waals surface area (Å²) in [5.41, 5.74) is 4.39. The normalized spacial score (nSPS) is 15.1. The number of amides is 1. The minimum absolute atomic E-state index is 0.0531. The quantitative estimate of drug-likeness (QED) is 0.609. The number of rotatable bonds is 5. The Hall–Kier alpha value is -3.25. The first-order valence-electron chi connectivity index (χ1n) is 10.2. The van der Waals surface area contributed by atoms with Crippen LogP contribution in [-0.2, 0) is 11.3 Å². The van der Waals surface area contributed by atoms with Crippen LogP contribution in [0.5, 0.6) is 0 Å². The van der Waals surface area contributed by atoms with Crippen molar-refractivity contribution in [2.75, 3.05) is 26.2 Å². The molecule has 30 heavy (non-hydrogen) atoms. The first kappa shape index (κ1) is 20.0. The average Bonchev–Trinajstić information content (AvgIpc) is 3.22. The summed E-state index contributed by atoms with van der Waals surface area (Å²) in [4.78, 5) is 21.2. The van der Waals surface area contributed by atoms with E-state index in [1.165, 1.54) is 5.56 Å². The molecule has 3 aromatic rings. The Morgan fingerprint density at radius 3 is 2.50 bits per heavy atom. The summed E-state index contributed by atoms with van der Waals surface area (Å²) in [5.74, 6) is 1.27. The molecule has 0 spiro atoms. The lowest BCUT2D eigenvalue weighted by Gasteiger charge is -2.33. The maximum Gasteiger partial charge on any atom is 0.246 e. The van der Waals surface area contributed by atoms with Gasteiger partial charge in [-0.05, 0) is 31.1 Å². The number of benzene rings is 2. The molecule has 6 nitrogen and oxygen atoms in total. The molecule has 1 fully saturated rings. The number of carbonyl (C=O) groups excluding carboxylic acids is 1. The molecule has 1 aromatic heterocycles. The Morgan fingerprint density at radius 2 is 1.77 bits per heavy atom. The summed E-state index contributed by atoms with van der Waals surface area (Å²) < 4.78 is 5.43. The molecule has 0 saturated carbocycles. The van der Waals surface area contributed by atoms with E-state index in [-0.39, 0.29) is 5.91 Å². The van der Waals surface area contributed by atoms with Crippen LogP contribution in [0.1, 0.15) is 22.6 Å². The Kier molecular flexibility index (Phi) is 6.05. The number of hydrogen-bond acceptors (Lipinski definition) is 5. The van der Waals surface area contributed by atoms with Gasteiger partial charge in [-0.25, -0.2) is 0 Å². The van der Waals surface area contributed by atoms with Gasteiger partial charge >= 0.3 is 0 Å². The fraction of sp³-hybridized carbons (Fsp3) is 0.292. The van der Waals surface area contributed by atoms with Gasteiger partial charge in [0.2, 0.25) is 17.6 Å². The largest absolute Gasteiger partial charge is 0.338 e. The summed E-state index contributed by atoms with van der Waals surface area (Å²) in [5, 5.41) is 4.10. The highest BCUT2D eigenvalue weighted by atomic mass is 16.5. The van der Waals surface area contributed by atoms with Crippen molar-refractivity contribution in [2.24, 2.45) is 0 Å². The van der Waals surface area contributed by atoms with Crippen molar-refractivity contribution >= 4 is 12.0 Å². The molecule has 0 unspecified atom stereocenters. The van der Waals surface area contributed by atoms with E-state index in [9.17, 15) is 4.79 Å². The van der Waals surface area contributed by atoms with E-state index < -0.39 is 0 Å². The maximum atomic E-state index is 12.5. The van der Waals surface area contributed by atoms with Gasteiger partial charge in [0.15, 0.2) is 0 Å². The van der Waals surface area contributed by atoms with Gasteiger partial charge in [-0.15, -0.1) is 0 Å². The zero-order valence-corrected chi connectivity index (χ0v) is 17.4. The number of aromatic nitrogens is 2. The van der Waals surface area contributed by atoms with Crippen molar-refractivity contribution in [3.8, 4) is 11.4 Å². The van der Waals surface area contributed by atoms with Crippen LogP contribution in [-0.4, -0.2) is 52.0 Å². The molecule has 154 valence electrons. The van der Waals surface area contributed by atoms with Crippen molar-refractivity contribution in [2.45, 2.75) is 20.4 Å². The van der Waals surface area contributed by atoms with Gasteiger partial charge in [-0.2, -0.15) is 4.98 Å². The SMILES string of the molecule is Cc1ccc(-c2noc(CN3CCN(C(=O)/C=C/c4ccccc4C)CC3)n2)cc1. The Morgan fingerprint density at radius 1 is 1.03 bits per heavy atom. The van der Waals surface area contributed by atoms with E-state index in [1.807, 2.05) is 73.4 Å². The Bertz CT molecular complexity index is 1030. The highest BCUT2D eigenvalue weighted by Gasteiger charge is 2.21. The highest BCUT2D eigenvalue weighted by molar-refractivity contribution is 5.92. The van der Waals surface area contributed by atoms with Crippen molar-refractivity contribution in [3.63, 3.8) is 0 Å². The monoisotopic (exact) mass is 402 g/mol. The molecule has 0 radical (unpaired) electrons. The molecule has 0 N–H and O–H groups in total. The van der Waals surface area contributed by atoms with E-state index in [2.05, 4.69) is 15.0 Å². The van der Waals surface area contributed by atoms with Gasteiger partial charge in [-0.3, -0.25) is 9.69 Å². The van der Waals surface area contributed by atoms with E-state index in [0.29, 0.717) is 31.3 Å². The second kappa shape index (κ2) is 9.05. The van der Waals surface area contributed by atoms with Gasteiger partial charge in [0.05, 0.1) is 6.54 Å². The lowest BCUT2D eigenvalue weighted by Crippen LogP contribution is -2.47. The minimum atomic E-state index is 0.0531. The van der Waals surface area contributed by atoms with Gasteiger partial charge in [0.25, 0.3) is 0 Å². The van der Waals surface area contributed by atoms with E-state index in [4.69, 9.17) is 4.52 Å². The fourth-order valence-corrected chi connectivity index (χ4v) is 3.50. The predicted octanol–water partition coefficient (Wildman–Crippen LogP) is 3.71.